The normalized spacial score (nSPS) is 13.9. The van der Waals surface area contributed by atoms with Crippen molar-refractivity contribution in [2.45, 2.75) is 58.8 Å². The van der Waals surface area contributed by atoms with Crippen LogP contribution in [0, 0.1) is 0 Å². The molecule has 0 spiro atoms. The van der Waals surface area contributed by atoms with E-state index >= 15 is 0 Å². The number of esters is 2. The molecule has 0 aliphatic heterocycles. The number of carbonyl (C=O) groups is 3. The van der Waals surface area contributed by atoms with Gasteiger partial charge in [0.1, 0.15) is 6.42 Å². The van der Waals surface area contributed by atoms with E-state index in [-0.39, 0.29) is 18.2 Å². The van der Waals surface area contributed by atoms with Gasteiger partial charge in [-0.1, -0.05) is 0 Å². The van der Waals surface area contributed by atoms with E-state index in [0.717, 1.165) is 43.5 Å². The number of rotatable bonds is 6. The smallest absolute Gasteiger partial charge is 0.367 e. The number of carbonyl (C=O) groups excluding carboxylic acids is 3. The zero-order chi connectivity index (χ0) is 20.8. The van der Waals surface area contributed by atoms with Crippen LogP contribution in [-0.2, 0) is 40.0 Å². The monoisotopic (exact) mass is 436 g/mol. The standard InChI is InChI=1S/C11H13NO3S.C9H11NO2S/c1-2-15-10(14)6-8(13)11-12-7-4-3-5-9(7)16-11;1-2-12-9(11)8-10-6-4-3-5-7(6)13-8/h2-6H2,1H3;2-5H2,1H3. The summed E-state index contributed by atoms with van der Waals surface area (Å²) in [5.41, 5.74) is 2.14. The predicted molar refractivity (Wildman–Crippen MR) is 110 cm³/mol. The van der Waals surface area contributed by atoms with Crippen molar-refractivity contribution in [1.82, 2.24) is 9.97 Å². The molecule has 0 radical (unpaired) electrons. The molecular weight excluding hydrogens is 412 g/mol. The largest absolute Gasteiger partial charge is 0.466 e. The molecule has 2 aliphatic carbocycles. The van der Waals surface area contributed by atoms with Crippen molar-refractivity contribution >= 4 is 40.4 Å². The zero-order valence-corrected chi connectivity index (χ0v) is 18.2. The van der Waals surface area contributed by atoms with Crippen molar-refractivity contribution in [3.8, 4) is 0 Å². The van der Waals surface area contributed by atoms with Crippen molar-refractivity contribution in [2.24, 2.45) is 0 Å². The molecule has 0 saturated carbocycles. The van der Waals surface area contributed by atoms with Crippen LogP contribution in [0.4, 0.5) is 0 Å². The zero-order valence-electron chi connectivity index (χ0n) is 16.6. The minimum absolute atomic E-state index is 0.194. The third-order valence-electron chi connectivity index (χ3n) is 4.49. The fraction of sp³-hybridized carbons (Fsp3) is 0.550. The number of hydrogen-bond acceptors (Lipinski definition) is 9. The third-order valence-corrected chi connectivity index (χ3v) is 6.83. The van der Waals surface area contributed by atoms with Crippen molar-refractivity contribution in [1.29, 1.82) is 0 Å². The molecule has 0 unspecified atom stereocenters. The lowest BCUT2D eigenvalue weighted by molar-refractivity contribution is -0.141. The van der Waals surface area contributed by atoms with Crippen LogP contribution in [0.5, 0.6) is 0 Å². The Kier molecular flexibility index (Phi) is 7.49. The lowest BCUT2D eigenvalue weighted by atomic mass is 10.3. The van der Waals surface area contributed by atoms with Crippen molar-refractivity contribution in [3.05, 3.63) is 31.2 Å². The van der Waals surface area contributed by atoms with Crippen LogP contribution in [0.2, 0.25) is 0 Å². The van der Waals surface area contributed by atoms with E-state index in [1.54, 1.807) is 13.8 Å². The highest BCUT2D eigenvalue weighted by molar-refractivity contribution is 7.14. The SMILES string of the molecule is CCOC(=O)CC(=O)c1nc2c(s1)CCC2.CCOC(=O)c1nc2c(s1)CCC2. The van der Waals surface area contributed by atoms with Gasteiger partial charge in [-0.25, -0.2) is 14.8 Å². The molecule has 7 nitrogen and oxygen atoms in total. The average molecular weight is 437 g/mol. The molecule has 0 bridgehead atoms. The van der Waals surface area contributed by atoms with Gasteiger partial charge in [0.15, 0.2) is 5.01 Å². The number of hydrogen-bond donors (Lipinski definition) is 0. The van der Waals surface area contributed by atoms with Crippen LogP contribution in [0.1, 0.15) is 73.9 Å². The fourth-order valence-corrected chi connectivity index (χ4v) is 5.33. The molecule has 2 heterocycles. The first kappa shape index (κ1) is 21.6. The maximum atomic E-state index is 11.7. The molecule has 0 amide bonds. The van der Waals surface area contributed by atoms with Gasteiger partial charge in [0, 0.05) is 9.75 Å². The number of ketones is 1. The molecule has 9 heteroatoms. The van der Waals surface area contributed by atoms with Crippen molar-refractivity contribution < 1.29 is 23.9 Å². The number of nitrogens with zero attached hydrogens (tertiary/aromatic N) is 2. The number of aryl methyl sites for hydroxylation is 4. The Morgan fingerprint density at radius 2 is 1.38 bits per heavy atom. The van der Waals surface area contributed by atoms with Crippen LogP contribution < -0.4 is 0 Å². The van der Waals surface area contributed by atoms with Crippen LogP contribution in [0.25, 0.3) is 0 Å². The van der Waals surface area contributed by atoms with Crippen LogP contribution in [-0.4, -0.2) is 40.9 Å². The Morgan fingerprint density at radius 3 is 1.93 bits per heavy atom. The predicted octanol–water partition coefficient (Wildman–Crippen LogP) is 3.58. The van der Waals surface area contributed by atoms with Crippen LogP contribution in [0.15, 0.2) is 0 Å². The molecular formula is C20H24N2O5S2. The molecule has 0 aromatic carbocycles. The molecule has 0 N–H and O–H groups in total. The third kappa shape index (κ3) is 5.48. The minimum atomic E-state index is -0.470. The summed E-state index contributed by atoms with van der Waals surface area (Å²) >= 11 is 2.91. The van der Waals surface area contributed by atoms with Crippen molar-refractivity contribution in [3.63, 3.8) is 0 Å². The quantitative estimate of drug-likeness (QED) is 0.388. The number of Topliss-reactive ketones (excluding diaryl/α,β-unsaturated/α-hetero) is 1. The van der Waals surface area contributed by atoms with Gasteiger partial charge in [0.05, 0.1) is 24.6 Å². The molecule has 0 fully saturated rings. The Morgan fingerprint density at radius 1 is 0.828 bits per heavy atom. The first-order chi connectivity index (χ1) is 14.0. The molecule has 2 aliphatic rings. The van der Waals surface area contributed by atoms with E-state index in [4.69, 9.17) is 9.47 Å². The van der Waals surface area contributed by atoms with E-state index in [1.807, 2.05) is 0 Å². The summed E-state index contributed by atoms with van der Waals surface area (Å²) in [6.07, 6.45) is 6.17. The average Bonchev–Trinajstić information content (AvgIpc) is 3.42. The first-order valence-corrected chi connectivity index (χ1v) is 11.5. The molecule has 0 saturated heterocycles. The van der Waals surface area contributed by atoms with Gasteiger partial charge in [-0.15, -0.1) is 22.7 Å². The Bertz CT molecular complexity index is 860. The molecule has 29 heavy (non-hydrogen) atoms. The van der Waals surface area contributed by atoms with Gasteiger partial charge in [0.25, 0.3) is 0 Å². The van der Waals surface area contributed by atoms with Crippen molar-refractivity contribution in [2.75, 3.05) is 13.2 Å². The maximum Gasteiger partial charge on any atom is 0.367 e. The summed E-state index contributed by atoms with van der Waals surface area (Å²) in [6, 6.07) is 0. The molecule has 0 atom stereocenters. The van der Waals surface area contributed by atoms with Crippen LogP contribution >= 0.6 is 22.7 Å². The number of aromatic nitrogens is 2. The molecule has 156 valence electrons. The summed E-state index contributed by atoms with van der Waals surface area (Å²) in [6.45, 7) is 4.25. The van der Waals surface area contributed by atoms with Gasteiger partial charge in [-0.05, 0) is 52.4 Å². The maximum absolute atomic E-state index is 11.7. The lowest BCUT2D eigenvalue weighted by Gasteiger charge is -1.98. The van der Waals surface area contributed by atoms with E-state index in [2.05, 4.69) is 9.97 Å². The fourth-order valence-electron chi connectivity index (χ4n) is 3.20. The van der Waals surface area contributed by atoms with E-state index in [1.165, 1.54) is 38.8 Å². The topological polar surface area (TPSA) is 95.5 Å². The summed E-state index contributed by atoms with van der Waals surface area (Å²) in [7, 11) is 0. The first-order valence-electron chi connectivity index (χ1n) is 9.84. The number of ether oxygens (including phenoxy) is 2. The molecule has 4 rings (SSSR count). The van der Waals surface area contributed by atoms with Crippen LogP contribution in [0.3, 0.4) is 0 Å². The molecule has 2 aromatic rings. The summed E-state index contributed by atoms with van der Waals surface area (Å²) in [4.78, 5) is 45.1. The Hall–Kier alpha value is -2.13. The number of thiazole rings is 2. The van der Waals surface area contributed by atoms with E-state index in [9.17, 15) is 14.4 Å². The van der Waals surface area contributed by atoms with Gasteiger partial charge in [-0.2, -0.15) is 0 Å². The van der Waals surface area contributed by atoms with Gasteiger partial charge in [-0.3, -0.25) is 9.59 Å². The van der Waals surface area contributed by atoms with Gasteiger partial charge >= 0.3 is 11.9 Å². The van der Waals surface area contributed by atoms with E-state index in [0.29, 0.717) is 23.2 Å². The highest BCUT2D eigenvalue weighted by Gasteiger charge is 2.22. The second-order valence-electron chi connectivity index (χ2n) is 6.61. The summed E-state index contributed by atoms with van der Waals surface area (Å²) in [5.74, 6) is -0.970. The summed E-state index contributed by atoms with van der Waals surface area (Å²) < 4.78 is 9.60. The lowest BCUT2D eigenvalue weighted by Crippen LogP contribution is -2.11. The second-order valence-corrected chi connectivity index (χ2v) is 8.78. The van der Waals surface area contributed by atoms with E-state index < -0.39 is 5.97 Å². The Balaban J connectivity index is 0.000000169. The van der Waals surface area contributed by atoms with Gasteiger partial charge < -0.3 is 9.47 Å². The molecule has 2 aromatic heterocycles. The summed E-state index contributed by atoms with van der Waals surface area (Å²) in [5, 5.41) is 0.976. The minimum Gasteiger partial charge on any atom is -0.466 e. The highest BCUT2D eigenvalue weighted by Crippen LogP contribution is 2.28. The number of fused-ring (bicyclic) bond motifs is 2. The highest BCUT2D eigenvalue weighted by atomic mass is 32.1. The Labute approximate surface area is 177 Å². The second kappa shape index (κ2) is 10.1. The van der Waals surface area contributed by atoms with Gasteiger partial charge in [0.2, 0.25) is 10.8 Å².